The number of ether oxygens (including phenoxy) is 1. The fourth-order valence-corrected chi connectivity index (χ4v) is 3.12. The predicted molar refractivity (Wildman–Crippen MR) is 109 cm³/mol. The average Bonchev–Trinajstić information content (AvgIpc) is 3.42. The Kier molecular flexibility index (Phi) is 6.59. The van der Waals surface area contributed by atoms with Crippen LogP contribution >= 0.6 is 0 Å². The third-order valence-electron chi connectivity index (χ3n) is 4.56. The molecule has 0 aromatic carbocycles. The van der Waals surface area contributed by atoms with E-state index < -0.39 is 0 Å². The van der Waals surface area contributed by atoms with Gasteiger partial charge in [0.2, 0.25) is 0 Å². The zero-order chi connectivity index (χ0) is 18.9. The molecule has 3 aromatic rings. The normalized spacial score (nSPS) is 12.4. The third kappa shape index (κ3) is 5.18. The Morgan fingerprint density at radius 3 is 2.67 bits per heavy atom. The molecule has 0 spiro atoms. The highest BCUT2D eigenvalue weighted by Crippen LogP contribution is 2.26. The Balaban J connectivity index is 1.66. The summed E-state index contributed by atoms with van der Waals surface area (Å²) in [5, 5.41) is 10.7. The van der Waals surface area contributed by atoms with Crippen molar-refractivity contribution in [1.82, 2.24) is 15.0 Å². The van der Waals surface area contributed by atoms with Gasteiger partial charge in [0.05, 0.1) is 30.3 Å². The third-order valence-corrected chi connectivity index (χ3v) is 4.56. The van der Waals surface area contributed by atoms with E-state index >= 15 is 0 Å². The van der Waals surface area contributed by atoms with E-state index in [0.29, 0.717) is 6.42 Å². The summed E-state index contributed by atoms with van der Waals surface area (Å²) in [4.78, 5) is 10.0. The number of rotatable bonds is 9. The van der Waals surface area contributed by atoms with Gasteiger partial charge in [0.15, 0.2) is 0 Å². The highest BCUT2D eigenvalue weighted by molar-refractivity contribution is 5.65. The molecule has 0 unspecified atom stereocenters. The van der Waals surface area contributed by atoms with Crippen LogP contribution in [0.2, 0.25) is 0 Å². The minimum atomic E-state index is 0.674. The van der Waals surface area contributed by atoms with Crippen LogP contribution in [0.5, 0.6) is 5.75 Å². The molecule has 5 nitrogen and oxygen atoms in total. The minimum absolute atomic E-state index is 0.674. The first-order valence-electron chi connectivity index (χ1n) is 9.45. The Labute approximate surface area is 159 Å². The summed E-state index contributed by atoms with van der Waals surface area (Å²) in [6.45, 7) is 0. The number of hydrogen-bond donors (Lipinski definition) is 3. The second kappa shape index (κ2) is 9.54. The van der Waals surface area contributed by atoms with Crippen molar-refractivity contribution in [2.45, 2.75) is 38.5 Å². The Bertz CT molecular complexity index is 986. The number of aromatic nitrogens is 3. The molecule has 3 rings (SSSR count). The van der Waals surface area contributed by atoms with Crippen molar-refractivity contribution < 1.29 is 4.74 Å². The summed E-state index contributed by atoms with van der Waals surface area (Å²) in [5.41, 5.74) is 2.97. The molecule has 0 radical (unpaired) electrons. The molecule has 3 heterocycles. The fraction of sp³-hybridized carbons (Fsp3) is 0.318. The van der Waals surface area contributed by atoms with E-state index in [2.05, 4.69) is 45.3 Å². The lowest BCUT2D eigenvalue weighted by molar-refractivity contribution is 0.414. The first-order valence-corrected chi connectivity index (χ1v) is 9.45. The van der Waals surface area contributed by atoms with Gasteiger partial charge in [-0.3, -0.25) is 0 Å². The number of methoxy groups -OCH3 is 1. The monoisotopic (exact) mass is 362 g/mol. The summed E-state index contributed by atoms with van der Waals surface area (Å²) in [7, 11) is 1.68. The lowest BCUT2D eigenvalue weighted by Crippen LogP contribution is -2.09. The molecular formula is C22H26N4O. The number of aromatic amines is 3. The lowest BCUT2D eigenvalue weighted by Gasteiger charge is -1.95. The largest absolute Gasteiger partial charge is 0.494 e. The van der Waals surface area contributed by atoms with Crippen LogP contribution in [-0.2, 0) is 0 Å². The van der Waals surface area contributed by atoms with Crippen LogP contribution in [0.4, 0.5) is 0 Å². The van der Waals surface area contributed by atoms with Crippen molar-refractivity contribution in [2.24, 2.45) is 0 Å². The smallest absolute Gasteiger partial charge is 0.144 e. The topological polar surface area (TPSA) is 80.4 Å². The minimum Gasteiger partial charge on any atom is -0.494 e. The van der Waals surface area contributed by atoms with Crippen molar-refractivity contribution in [1.29, 1.82) is 5.26 Å². The molecule has 5 heteroatoms. The molecule has 0 fully saturated rings. The number of nitrogens with zero attached hydrogens (tertiary/aromatic N) is 1. The van der Waals surface area contributed by atoms with Gasteiger partial charge in [-0.15, -0.1) is 0 Å². The van der Waals surface area contributed by atoms with Crippen molar-refractivity contribution >= 4 is 12.2 Å². The summed E-state index contributed by atoms with van der Waals surface area (Å²) in [6, 6.07) is 12.4. The van der Waals surface area contributed by atoms with Gasteiger partial charge in [-0.2, -0.15) is 5.26 Å². The zero-order valence-corrected chi connectivity index (χ0v) is 15.7. The SMILES string of the molecule is COc1cc(-c2ccc[nH]2)[nH]c1C=c1ccc(=CCCCCCCC#N)[nH]1. The molecule has 3 aromatic heterocycles. The fourth-order valence-electron chi connectivity index (χ4n) is 3.12. The van der Waals surface area contributed by atoms with Crippen LogP contribution in [0, 0.1) is 11.3 Å². The van der Waals surface area contributed by atoms with Crippen LogP contribution in [-0.4, -0.2) is 22.1 Å². The molecule has 3 N–H and O–H groups in total. The van der Waals surface area contributed by atoms with Gasteiger partial charge in [-0.05, 0) is 49.6 Å². The van der Waals surface area contributed by atoms with E-state index in [1.165, 1.54) is 6.42 Å². The molecule has 0 aliphatic heterocycles. The van der Waals surface area contributed by atoms with E-state index in [1.54, 1.807) is 7.11 Å². The Morgan fingerprint density at radius 2 is 1.89 bits per heavy atom. The number of H-pyrrole nitrogens is 3. The summed E-state index contributed by atoms with van der Waals surface area (Å²) < 4.78 is 5.50. The van der Waals surface area contributed by atoms with Crippen LogP contribution < -0.4 is 15.4 Å². The molecule has 0 saturated heterocycles. The Morgan fingerprint density at radius 1 is 1.04 bits per heavy atom. The summed E-state index contributed by atoms with van der Waals surface area (Å²) in [5.74, 6) is 0.817. The number of hydrogen-bond acceptors (Lipinski definition) is 2. The lowest BCUT2D eigenvalue weighted by atomic mass is 10.1. The molecular weight excluding hydrogens is 336 g/mol. The van der Waals surface area contributed by atoms with Gasteiger partial charge >= 0.3 is 0 Å². The first-order chi connectivity index (χ1) is 13.3. The van der Waals surface area contributed by atoms with E-state index in [1.807, 2.05) is 24.4 Å². The predicted octanol–water partition coefficient (Wildman–Crippen LogP) is 3.82. The van der Waals surface area contributed by atoms with Crippen molar-refractivity contribution in [3.05, 3.63) is 52.9 Å². The number of nitriles is 1. The van der Waals surface area contributed by atoms with Gasteiger partial charge in [-0.1, -0.05) is 18.9 Å². The van der Waals surface area contributed by atoms with Crippen molar-refractivity contribution in [3.8, 4) is 23.2 Å². The van der Waals surface area contributed by atoms with Crippen molar-refractivity contribution in [2.75, 3.05) is 7.11 Å². The quantitative estimate of drug-likeness (QED) is 0.506. The second-order valence-corrected chi connectivity index (χ2v) is 6.58. The average molecular weight is 362 g/mol. The van der Waals surface area contributed by atoms with E-state index in [0.717, 1.165) is 59.2 Å². The van der Waals surface area contributed by atoms with E-state index in [-0.39, 0.29) is 0 Å². The number of nitrogens with one attached hydrogen (secondary N) is 3. The second-order valence-electron chi connectivity index (χ2n) is 6.58. The van der Waals surface area contributed by atoms with Crippen LogP contribution in [0.25, 0.3) is 23.5 Å². The van der Waals surface area contributed by atoms with Gasteiger partial charge in [0, 0.05) is 29.4 Å². The van der Waals surface area contributed by atoms with Crippen molar-refractivity contribution in [3.63, 3.8) is 0 Å². The van der Waals surface area contributed by atoms with Gasteiger partial charge in [-0.25, -0.2) is 0 Å². The van der Waals surface area contributed by atoms with Crippen LogP contribution in [0.15, 0.2) is 36.5 Å². The zero-order valence-electron chi connectivity index (χ0n) is 15.7. The molecule has 0 aliphatic rings. The summed E-state index contributed by atoms with van der Waals surface area (Å²) in [6.07, 6.45) is 12.4. The van der Waals surface area contributed by atoms with Gasteiger partial charge in [0.25, 0.3) is 0 Å². The first kappa shape index (κ1) is 18.7. The van der Waals surface area contributed by atoms with Gasteiger partial charge in [0.1, 0.15) is 5.75 Å². The van der Waals surface area contributed by atoms with E-state index in [9.17, 15) is 0 Å². The molecule has 140 valence electrons. The molecule has 0 atom stereocenters. The van der Waals surface area contributed by atoms with Gasteiger partial charge < -0.3 is 19.7 Å². The van der Waals surface area contributed by atoms with E-state index in [4.69, 9.17) is 10.00 Å². The highest BCUT2D eigenvalue weighted by atomic mass is 16.5. The Hall–Kier alpha value is -3.13. The molecule has 27 heavy (non-hydrogen) atoms. The molecule has 0 aliphatic carbocycles. The summed E-state index contributed by atoms with van der Waals surface area (Å²) >= 11 is 0. The standard InChI is InChI=1S/C22H26N4O/c1-27-22-16-20(19-10-8-14-24-19)26-21(22)15-18-12-11-17(25-18)9-6-4-2-3-5-7-13-23/h8-12,14-16,24-26H,2-7H2,1H3. The molecule has 0 bridgehead atoms. The molecule has 0 amide bonds. The van der Waals surface area contributed by atoms with Crippen LogP contribution in [0.3, 0.4) is 0 Å². The maximum Gasteiger partial charge on any atom is 0.144 e. The van der Waals surface area contributed by atoms with Crippen LogP contribution in [0.1, 0.15) is 44.2 Å². The molecule has 0 saturated carbocycles. The maximum atomic E-state index is 8.53. The maximum absolute atomic E-state index is 8.53. The highest BCUT2D eigenvalue weighted by Gasteiger charge is 2.08. The number of unbranched alkanes of at least 4 members (excludes halogenated alkanes) is 5.